The molecule has 0 aliphatic rings. The Morgan fingerprint density at radius 3 is 0.972 bits per heavy atom. The molecule has 0 radical (unpaired) electrons. The predicted octanol–water partition coefficient (Wildman–Crippen LogP) is 11.5. The van der Waals surface area contributed by atoms with Crippen molar-refractivity contribution < 1.29 is 0 Å². The molecule has 1 rings (SSSR count). The van der Waals surface area contributed by atoms with E-state index in [4.69, 9.17) is 9.97 Å². The molecule has 0 saturated carbocycles. The number of unbranched alkanes of at least 4 members (excludes halogenated alkanes) is 21. The molecular weight excluding hydrogens is 436 g/mol. The lowest BCUT2D eigenvalue weighted by atomic mass is 9.96. The van der Waals surface area contributed by atoms with Crippen LogP contribution in [-0.2, 0) is 19.3 Å². The van der Waals surface area contributed by atoms with Gasteiger partial charge in [0.25, 0.3) is 0 Å². The maximum Gasteiger partial charge on any atom is 0.115 e. The number of hydrogen-bond acceptors (Lipinski definition) is 2. The fraction of sp³-hybridized carbons (Fsp3) is 0.882. The minimum absolute atomic E-state index is 1.16. The maximum absolute atomic E-state index is 4.82. The van der Waals surface area contributed by atoms with Crippen molar-refractivity contribution in [2.75, 3.05) is 0 Å². The van der Waals surface area contributed by atoms with Crippen LogP contribution in [0.15, 0.2) is 6.33 Å². The van der Waals surface area contributed by atoms with Gasteiger partial charge in [0.15, 0.2) is 0 Å². The van der Waals surface area contributed by atoms with Crippen LogP contribution in [0, 0.1) is 0 Å². The molecule has 2 nitrogen and oxygen atoms in total. The number of rotatable bonds is 27. The lowest BCUT2D eigenvalue weighted by molar-refractivity contribution is 0.563. The number of hydrogen-bond donors (Lipinski definition) is 0. The Kier molecular flexibility index (Phi) is 23.7. The van der Waals surface area contributed by atoms with E-state index in [2.05, 4.69) is 20.8 Å². The van der Waals surface area contributed by atoms with E-state index in [-0.39, 0.29) is 0 Å². The smallest absolute Gasteiger partial charge is 0.115 e. The second kappa shape index (κ2) is 25.7. The topological polar surface area (TPSA) is 25.8 Å². The van der Waals surface area contributed by atoms with Gasteiger partial charge in [-0.1, -0.05) is 156 Å². The highest BCUT2D eigenvalue weighted by Gasteiger charge is 2.11. The number of aryl methyl sites for hydroxylation is 2. The highest BCUT2D eigenvalue weighted by atomic mass is 14.8. The Hall–Kier alpha value is -0.920. The first-order chi connectivity index (χ1) is 17.8. The summed E-state index contributed by atoms with van der Waals surface area (Å²) in [6.07, 6.45) is 38.6. The summed E-state index contributed by atoms with van der Waals surface area (Å²) < 4.78 is 0. The van der Waals surface area contributed by atoms with Gasteiger partial charge in [-0.3, -0.25) is 0 Å². The second-order valence-corrected chi connectivity index (χ2v) is 11.4. The summed E-state index contributed by atoms with van der Waals surface area (Å²) in [6, 6.07) is 0. The van der Waals surface area contributed by atoms with E-state index >= 15 is 0 Å². The van der Waals surface area contributed by atoms with E-state index in [1.54, 1.807) is 0 Å². The predicted molar refractivity (Wildman–Crippen MR) is 161 cm³/mol. The standard InChI is InChI=1S/C34H64N2/c1-4-7-10-13-16-19-22-25-28-32-33(29-26-23-20-17-14-11-8-5-2)35-31-36-34(32)30-27-24-21-18-15-12-9-6-3/h31H,4-30H2,1-3H3. The molecule has 0 amide bonds. The van der Waals surface area contributed by atoms with Crippen molar-refractivity contribution >= 4 is 0 Å². The summed E-state index contributed by atoms with van der Waals surface area (Å²) in [6.45, 7) is 6.91. The van der Waals surface area contributed by atoms with Crippen molar-refractivity contribution in [3.8, 4) is 0 Å². The number of nitrogens with zero attached hydrogens (tertiary/aromatic N) is 2. The van der Waals surface area contributed by atoms with Gasteiger partial charge in [0.1, 0.15) is 6.33 Å². The van der Waals surface area contributed by atoms with Crippen LogP contribution in [0.25, 0.3) is 0 Å². The zero-order valence-electron chi connectivity index (χ0n) is 25.1. The van der Waals surface area contributed by atoms with Crippen molar-refractivity contribution in [3.05, 3.63) is 23.3 Å². The van der Waals surface area contributed by atoms with Crippen LogP contribution in [0.3, 0.4) is 0 Å². The van der Waals surface area contributed by atoms with Crippen LogP contribution in [0.2, 0.25) is 0 Å². The average molecular weight is 501 g/mol. The third-order valence-electron chi connectivity index (χ3n) is 7.94. The lowest BCUT2D eigenvalue weighted by Crippen LogP contribution is -2.07. The fourth-order valence-electron chi connectivity index (χ4n) is 5.50. The highest BCUT2D eigenvalue weighted by molar-refractivity contribution is 5.25. The van der Waals surface area contributed by atoms with Crippen LogP contribution in [0.4, 0.5) is 0 Å². The molecule has 0 aliphatic heterocycles. The maximum atomic E-state index is 4.82. The zero-order chi connectivity index (χ0) is 25.9. The van der Waals surface area contributed by atoms with E-state index < -0.39 is 0 Å². The summed E-state index contributed by atoms with van der Waals surface area (Å²) in [5.74, 6) is 0. The van der Waals surface area contributed by atoms with Crippen LogP contribution < -0.4 is 0 Å². The molecule has 0 saturated heterocycles. The molecule has 0 bridgehead atoms. The molecule has 0 spiro atoms. The third kappa shape index (κ3) is 18.3. The Bertz CT molecular complexity index is 544. The van der Waals surface area contributed by atoms with Gasteiger partial charge >= 0.3 is 0 Å². The van der Waals surface area contributed by atoms with Crippen LogP contribution in [0.1, 0.15) is 192 Å². The molecule has 1 aromatic rings. The normalized spacial score (nSPS) is 11.4. The monoisotopic (exact) mass is 501 g/mol. The fourth-order valence-corrected chi connectivity index (χ4v) is 5.50. The summed E-state index contributed by atoms with van der Waals surface area (Å²) in [5, 5.41) is 0. The van der Waals surface area contributed by atoms with Crippen LogP contribution >= 0.6 is 0 Å². The van der Waals surface area contributed by atoms with Crippen molar-refractivity contribution in [3.63, 3.8) is 0 Å². The average Bonchev–Trinajstić information content (AvgIpc) is 2.89. The Morgan fingerprint density at radius 1 is 0.361 bits per heavy atom. The van der Waals surface area contributed by atoms with E-state index in [1.807, 2.05) is 6.33 Å². The largest absolute Gasteiger partial charge is 0.241 e. The van der Waals surface area contributed by atoms with E-state index in [0.717, 1.165) is 12.8 Å². The van der Waals surface area contributed by atoms with Crippen molar-refractivity contribution in [2.45, 2.75) is 194 Å². The van der Waals surface area contributed by atoms with Gasteiger partial charge in [-0.05, 0) is 44.1 Å². The van der Waals surface area contributed by atoms with E-state index in [1.165, 1.54) is 177 Å². The van der Waals surface area contributed by atoms with E-state index in [0.29, 0.717) is 0 Å². The van der Waals surface area contributed by atoms with Crippen molar-refractivity contribution in [2.24, 2.45) is 0 Å². The minimum Gasteiger partial charge on any atom is -0.241 e. The lowest BCUT2D eigenvalue weighted by Gasteiger charge is -2.14. The van der Waals surface area contributed by atoms with Gasteiger partial charge in [-0.15, -0.1) is 0 Å². The zero-order valence-corrected chi connectivity index (χ0v) is 25.1. The molecule has 0 aromatic carbocycles. The molecule has 0 unspecified atom stereocenters. The van der Waals surface area contributed by atoms with Gasteiger partial charge in [0.2, 0.25) is 0 Å². The molecule has 0 aliphatic carbocycles. The molecule has 36 heavy (non-hydrogen) atoms. The Labute approximate surface area is 227 Å². The third-order valence-corrected chi connectivity index (χ3v) is 7.94. The second-order valence-electron chi connectivity index (χ2n) is 11.4. The first kappa shape index (κ1) is 33.1. The highest BCUT2D eigenvalue weighted by Crippen LogP contribution is 2.21. The van der Waals surface area contributed by atoms with Gasteiger partial charge in [-0.25, -0.2) is 9.97 Å². The summed E-state index contributed by atoms with van der Waals surface area (Å²) >= 11 is 0. The quantitative estimate of drug-likeness (QED) is 0.112. The Balaban J connectivity index is 2.47. The SMILES string of the molecule is CCCCCCCCCCc1ncnc(CCCCCCCCCC)c1CCCCCCCCCC. The molecule has 0 N–H and O–H groups in total. The van der Waals surface area contributed by atoms with Crippen LogP contribution in [-0.4, -0.2) is 9.97 Å². The van der Waals surface area contributed by atoms with Gasteiger partial charge in [0.05, 0.1) is 0 Å². The summed E-state index contributed by atoms with van der Waals surface area (Å²) in [4.78, 5) is 9.64. The van der Waals surface area contributed by atoms with Crippen molar-refractivity contribution in [1.29, 1.82) is 0 Å². The molecule has 1 aromatic heterocycles. The van der Waals surface area contributed by atoms with Crippen LogP contribution in [0.5, 0.6) is 0 Å². The summed E-state index contributed by atoms with van der Waals surface area (Å²) in [7, 11) is 0. The summed E-state index contributed by atoms with van der Waals surface area (Å²) in [5.41, 5.74) is 4.30. The van der Waals surface area contributed by atoms with Gasteiger partial charge in [-0.2, -0.15) is 0 Å². The molecular formula is C34H64N2. The first-order valence-electron chi connectivity index (χ1n) is 16.6. The molecule has 0 atom stereocenters. The molecule has 2 heteroatoms. The minimum atomic E-state index is 1.16. The Morgan fingerprint density at radius 2 is 0.639 bits per heavy atom. The molecule has 1 heterocycles. The van der Waals surface area contributed by atoms with Gasteiger partial charge < -0.3 is 0 Å². The first-order valence-corrected chi connectivity index (χ1v) is 16.6. The molecule has 0 fully saturated rings. The van der Waals surface area contributed by atoms with Gasteiger partial charge in [0, 0.05) is 11.4 Å². The van der Waals surface area contributed by atoms with Crippen molar-refractivity contribution in [1.82, 2.24) is 9.97 Å². The number of aromatic nitrogens is 2. The van der Waals surface area contributed by atoms with E-state index in [9.17, 15) is 0 Å². The molecule has 210 valence electrons.